The molecule has 0 atom stereocenters. The zero-order valence-corrected chi connectivity index (χ0v) is 15.8. The molecule has 1 nitrogen and oxygen atoms in total. The molecule has 7 rings (SSSR count). The van der Waals surface area contributed by atoms with Crippen LogP contribution >= 0.6 is 0 Å². The molecule has 0 spiro atoms. The van der Waals surface area contributed by atoms with Crippen molar-refractivity contribution in [3.63, 3.8) is 0 Å². The Bertz CT molecular complexity index is 1690. The minimum absolute atomic E-state index is 1.20. The van der Waals surface area contributed by atoms with Gasteiger partial charge in [0, 0.05) is 21.8 Å². The maximum absolute atomic E-state index is 2.44. The molecule has 6 aromatic carbocycles. The summed E-state index contributed by atoms with van der Waals surface area (Å²) in [5.74, 6) is 0. The van der Waals surface area contributed by atoms with Crippen molar-refractivity contribution in [2.24, 2.45) is 0 Å². The Morgan fingerprint density at radius 1 is 0.414 bits per heavy atom. The number of nitrogens with zero attached hydrogens (tertiary/aromatic N) is 1. The molecule has 0 unspecified atom stereocenters. The molecule has 1 aromatic heterocycles. The topological polar surface area (TPSA) is 4.93 Å². The molecule has 0 radical (unpaired) electrons. The molecular formula is C28H17N. The van der Waals surface area contributed by atoms with Gasteiger partial charge >= 0.3 is 0 Å². The fourth-order valence-corrected chi connectivity index (χ4v) is 5.17. The molecule has 0 fully saturated rings. The molecule has 1 heteroatoms. The van der Waals surface area contributed by atoms with E-state index < -0.39 is 0 Å². The van der Waals surface area contributed by atoms with Gasteiger partial charge in [-0.2, -0.15) is 0 Å². The van der Waals surface area contributed by atoms with Crippen LogP contribution in [0, 0.1) is 0 Å². The van der Waals surface area contributed by atoms with Crippen LogP contribution < -0.4 is 0 Å². The van der Waals surface area contributed by atoms with E-state index in [2.05, 4.69) is 108 Å². The number of benzene rings is 6. The van der Waals surface area contributed by atoms with E-state index in [0.29, 0.717) is 0 Å². The number of hydrogen-bond donors (Lipinski definition) is 0. The van der Waals surface area contributed by atoms with E-state index in [1.807, 2.05) is 0 Å². The minimum atomic E-state index is 1.20. The second kappa shape index (κ2) is 5.36. The van der Waals surface area contributed by atoms with E-state index >= 15 is 0 Å². The van der Waals surface area contributed by atoms with Gasteiger partial charge in [0.05, 0.1) is 11.0 Å². The summed E-state index contributed by atoms with van der Waals surface area (Å²) in [6, 6.07) is 37.5. The molecule has 134 valence electrons. The lowest BCUT2D eigenvalue weighted by Crippen LogP contribution is -1.94. The Kier molecular flexibility index (Phi) is 2.80. The molecule has 0 N–H and O–H groups in total. The molecular weight excluding hydrogens is 350 g/mol. The van der Waals surface area contributed by atoms with E-state index in [0.717, 1.165) is 0 Å². The van der Waals surface area contributed by atoms with E-state index in [4.69, 9.17) is 0 Å². The highest BCUT2D eigenvalue weighted by molar-refractivity contribution is 6.37. The van der Waals surface area contributed by atoms with Gasteiger partial charge < -0.3 is 4.57 Å². The second-order valence-corrected chi connectivity index (χ2v) is 7.78. The summed E-state index contributed by atoms with van der Waals surface area (Å²) in [6.45, 7) is 0. The molecule has 1 heterocycles. The largest absolute Gasteiger partial charge is 0.309 e. The smallest absolute Gasteiger partial charge is 0.0626 e. The Labute approximate surface area is 167 Å². The highest BCUT2D eigenvalue weighted by Gasteiger charge is 2.20. The van der Waals surface area contributed by atoms with Crippen LogP contribution in [0.2, 0.25) is 0 Å². The molecule has 7 aromatic rings. The zero-order valence-electron chi connectivity index (χ0n) is 15.8. The van der Waals surface area contributed by atoms with Gasteiger partial charge in [0.2, 0.25) is 0 Å². The first-order valence-electron chi connectivity index (χ1n) is 10.1. The number of para-hydroxylation sites is 2. The van der Waals surface area contributed by atoms with Crippen molar-refractivity contribution in [2.45, 2.75) is 0 Å². The van der Waals surface area contributed by atoms with Crippen molar-refractivity contribution in [3.05, 3.63) is 103 Å². The highest BCUT2D eigenvalue weighted by Crippen LogP contribution is 2.45. The summed E-state index contributed by atoms with van der Waals surface area (Å²) < 4.78 is 2.44. The molecule has 0 aliphatic carbocycles. The molecule has 0 saturated carbocycles. The summed E-state index contributed by atoms with van der Waals surface area (Å²) in [6.07, 6.45) is 0. The van der Waals surface area contributed by atoms with Crippen molar-refractivity contribution >= 4 is 54.1 Å². The lowest BCUT2D eigenvalue weighted by Gasteiger charge is -2.15. The van der Waals surface area contributed by atoms with E-state index in [1.54, 1.807) is 0 Å². The maximum Gasteiger partial charge on any atom is 0.0626 e. The van der Waals surface area contributed by atoms with Crippen LogP contribution in [0.1, 0.15) is 0 Å². The van der Waals surface area contributed by atoms with E-state index in [1.165, 1.54) is 59.8 Å². The average molecular weight is 367 g/mol. The highest BCUT2D eigenvalue weighted by atomic mass is 15.0. The molecule has 0 aliphatic rings. The third-order valence-electron chi connectivity index (χ3n) is 6.30. The summed E-state index contributed by atoms with van der Waals surface area (Å²) in [5.41, 5.74) is 3.76. The van der Waals surface area contributed by atoms with E-state index in [9.17, 15) is 0 Å². The van der Waals surface area contributed by atoms with Crippen molar-refractivity contribution in [2.75, 3.05) is 0 Å². The van der Waals surface area contributed by atoms with Crippen LogP contribution in [0.5, 0.6) is 0 Å². The number of hydrogen-bond acceptors (Lipinski definition) is 0. The first-order chi connectivity index (χ1) is 14.4. The molecule has 0 bridgehead atoms. The predicted octanol–water partition coefficient (Wildman–Crippen LogP) is 7.68. The average Bonchev–Trinajstić information content (AvgIpc) is 3.14. The van der Waals surface area contributed by atoms with Gasteiger partial charge in [-0.3, -0.25) is 0 Å². The summed E-state index contributed by atoms with van der Waals surface area (Å²) in [7, 11) is 0. The molecule has 29 heavy (non-hydrogen) atoms. The van der Waals surface area contributed by atoms with Gasteiger partial charge in [0.25, 0.3) is 0 Å². The Morgan fingerprint density at radius 2 is 1.03 bits per heavy atom. The van der Waals surface area contributed by atoms with Crippen LogP contribution in [0.25, 0.3) is 59.8 Å². The third kappa shape index (κ3) is 1.85. The Hall–Kier alpha value is -3.84. The maximum atomic E-state index is 2.44. The molecule has 0 amide bonds. The lowest BCUT2D eigenvalue weighted by atomic mass is 9.91. The van der Waals surface area contributed by atoms with Crippen LogP contribution in [0.3, 0.4) is 0 Å². The van der Waals surface area contributed by atoms with Gasteiger partial charge in [0.15, 0.2) is 0 Å². The minimum Gasteiger partial charge on any atom is -0.309 e. The number of aromatic nitrogens is 1. The van der Waals surface area contributed by atoms with Crippen LogP contribution in [0.4, 0.5) is 0 Å². The number of fused-ring (bicyclic) bond motifs is 5. The van der Waals surface area contributed by atoms with Gasteiger partial charge in [-0.05, 0) is 45.1 Å². The summed E-state index contributed by atoms with van der Waals surface area (Å²) in [5, 5.41) is 10.7. The zero-order chi connectivity index (χ0) is 18.9. The normalized spacial score (nSPS) is 12.1. The van der Waals surface area contributed by atoms with Crippen molar-refractivity contribution in [3.8, 4) is 5.69 Å². The predicted molar refractivity (Wildman–Crippen MR) is 124 cm³/mol. The fraction of sp³-hybridized carbons (Fsp3) is 0. The fourth-order valence-electron chi connectivity index (χ4n) is 5.17. The van der Waals surface area contributed by atoms with Crippen LogP contribution in [0.15, 0.2) is 103 Å². The Morgan fingerprint density at radius 3 is 1.83 bits per heavy atom. The number of rotatable bonds is 1. The summed E-state index contributed by atoms with van der Waals surface area (Å²) >= 11 is 0. The van der Waals surface area contributed by atoms with E-state index in [-0.39, 0.29) is 0 Å². The first-order valence-corrected chi connectivity index (χ1v) is 10.1. The van der Waals surface area contributed by atoms with Crippen LogP contribution in [-0.2, 0) is 0 Å². The summed E-state index contributed by atoms with van der Waals surface area (Å²) in [4.78, 5) is 0. The SMILES string of the molecule is c1ccc(-n2c3ccccc3c3c4cccc5ccc6cccc(c6c54)c32)cc1. The molecule has 0 aliphatic heterocycles. The lowest BCUT2D eigenvalue weighted by molar-refractivity contribution is 1.19. The van der Waals surface area contributed by atoms with Crippen molar-refractivity contribution < 1.29 is 0 Å². The first kappa shape index (κ1) is 15.1. The standard InChI is InChI=1S/C28H17N/c1-2-10-20(11-3-1)29-24-15-5-4-12-21(24)27-22-13-6-8-18-16-17-19-9-7-14-23(28(27)29)26(19)25(18)22/h1-17H. The van der Waals surface area contributed by atoms with Gasteiger partial charge in [-0.15, -0.1) is 0 Å². The van der Waals surface area contributed by atoms with Gasteiger partial charge in [-0.1, -0.05) is 84.9 Å². The third-order valence-corrected chi connectivity index (χ3v) is 6.30. The second-order valence-electron chi connectivity index (χ2n) is 7.78. The monoisotopic (exact) mass is 367 g/mol. The van der Waals surface area contributed by atoms with Gasteiger partial charge in [0.1, 0.15) is 0 Å². The Balaban J connectivity index is 1.91. The molecule has 0 saturated heterocycles. The van der Waals surface area contributed by atoms with Crippen molar-refractivity contribution in [1.29, 1.82) is 0 Å². The quantitative estimate of drug-likeness (QED) is 0.262. The van der Waals surface area contributed by atoms with Gasteiger partial charge in [-0.25, -0.2) is 0 Å². The van der Waals surface area contributed by atoms with Crippen LogP contribution in [-0.4, -0.2) is 4.57 Å². The van der Waals surface area contributed by atoms with Crippen molar-refractivity contribution in [1.82, 2.24) is 4.57 Å².